The van der Waals surface area contributed by atoms with E-state index in [1.54, 1.807) is 6.07 Å². The second kappa shape index (κ2) is 5.48. The Labute approximate surface area is 138 Å². The molecule has 1 aliphatic rings. The lowest BCUT2D eigenvalue weighted by molar-refractivity contribution is 0.551. The second-order valence-corrected chi connectivity index (χ2v) is 6.11. The van der Waals surface area contributed by atoms with E-state index in [4.69, 9.17) is 11.6 Å². The van der Waals surface area contributed by atoms with Gasteiger partial charge in [0.1, 0.15) is 11.6 Å². The van der Waals surface area contributed by atoms with E-state index in [1.807, 2.05) is 43.5 Å². The number of nitrogens with zero attached hydrogens (tertiary/aromatic N) is 2. The van der Waals surface area contributed by atoms with Crippen LogP contribution in [-0.4, -0.2) is 9.55 Å². The Morgan fingerprint density at radius 1 is 1.22 bits per heavy atom. The standard InChI is InChI=1S/C18H15ClFN3/c1-11-21-9-13-10-22-18(14-4-2-3-5-16(14)20)15-8-12(19)6-7-17(15)23(11)13/h2-9,18,22H,10H2,1H3. The molecule has 0 saturated heterocycles. The number of rotatable bonds is 1. The number of aromatic nitrogens is 2. The Morgan fingerprint density at radius 2 is 2.04 bits per heavy atom. The van der Waals surface area contributed by atoms with Crippen LogP contribution < -0.4 is 5.32 Å². The van der Waals surface area contributed by atoms with Crippen molar-refractivity contribution in [3.05, 3.63) is 82.1 Å². The highest BCUT2D eigenvalue weighted by molar-refractivity contribution is 6.30. The molecule has 0 radical (unpaired) electrons. The molecule has 3 aromatic rings. The molecule has 2 heterocycles. The molecule has 0 aliphatic carbocycles. The van der Waals surface area contributed by atoms with Crippen LogP contribution in [0.3, 0.4) is 0 Å². The molecule has 0 saturated carbocycles. The largest absolute Gasteiger partial charge is 0.300 e. The summed E-state index contributed by atoms with van der Waals surface area (Å²) in [7, 11) is 0. The molecule has 1 atom stereocenters. The molecule has 0 amide bonds. The molecular weight excluding hydrogens is 313 g/mol. The number of nitrogens with one attached hydrogen (secondary N) is 1. The summed E-state index contributed by atoms with van der Waals surface area (Å²) in [5, 5.41) is 4.06. The predicted octanol–water partition coefficient (Wildman–Crippen LogP) is 4.17. The lowest BCUT2D eigenvalue weighted by atomic mass is 9.97. The average Bonchev–Trinajstić information content (AvgIpc) is 2.82. The Balaban J connectivity index is 1.97. The molecule has 116 valence electrons. The van der Waals surface area contributed by atoms with Gasteiger partial charge in [0.2, 0.25) is 0 Å². The number of benzene rings is 2. The Kier molecular flexibility index (Phi) is 3.43. The normalized spacial score (nSPS) is 16.6. The van der Waals surface area contributed by atoms with E-state index in [-0.39, 0.29) is 11.9 Å². The number of fused-ring (bicyclic) bond motifs is 3. The molecule has 3 nitrogen and oxygen atoms in total. The van der Waals surface area contributed by atoms with Gasteiger partial charge in [0.25, 0.3) is 0 Å². The van der Waals surface area contributed by atoms with Gasteiger partial charge in [0.15, 0.2) is 0 Å². The van der Waals surface area contributed by atoms with Crippen molar-refractivity contribution in [3.63, 3.8) is 0 Å². The van der Waals surface area contributed by atoms with Crippen LogP contribution in [0.4, 0.5) is 4.39 Å². The first-order chi connectivity index (χ1) is 11.1. The maximum Gasteiger partial charge on any atom is 0.128 e. The summed E-state index contributed by atoms with van der Waals surface area (Å²) in [5.41, 5.74) is 3.59. The molecule has 2 aromatic carbocycles. The van der Waals surface area contributed by atoms with E-state index in [2.05, 4.69) is 14.9 Å². The number of aryl methyl sites for hydroxylation is 1. The lowest BCUT2D eigenvalue weighted by Gasteiger charge is -2.20. The maximum atomic E-state index is 14.3. The molecule has 1 N–H and O–H groups in total. The fraction of sp³-hybridized carbons (Fsp3) is 0.167. The zero-order valence-electron chi connectivity index (χ0n) is 12.6. The smallest absolute Gasteiger partial charge is 0.128 e. The van der Waals surface area contributed by atoms with Crippen molar-refractivity contribution < 1.29 is 4.39 Å². The van der Waals surface area contributed by atoms with Crippen LogP contribution in [0.2, 0.25) is 5.02 Å². The van der Waals surface area contributed by atoms with Crippen molar-refractivity contribution in [3.8, 4) is 5.69 Å². The molecule has 0 fully saturated rings. The van der Waals surface area contributed by atoms with Crippen molar-refractivity contribution in [1.29, 1.82) is 0 Å². The van der Waals surface area contributed by atoms with Crippen LogP contribution in [0.5, 0.6) is 0 Å². The molecule has 5 heteroatoms. The van der Waals surface area contributed by atoms with Crippen molar-refractivity contribution >= 4 is 11.6 Å². The highest BCUT2D eigenvalue weighted by Gasteiger charge is 2.26. The molecule has 4 rings (SSSR count). The van der Waals surface area contributed by atoms with Crippen molar-refractivity contribution in [2.24, 2.45) is 0 Å². The third-order valence-corrected chi connectivity index (χ3v) is 4.49. The van der Waals surface area contributed by atoms with Crippen molar-refractivity contribution in [2.75, 3.05) is 0 Å². The zero-order valence-corrected chi connectivity index (χ0v) is 13.3. The van der Waals surface area contributed by atoms with E-state index in [1.165, 1.54) is 6.07 Å². The van der Waals surface area contributed by atoms with E-state index in [0.29, 0.717) is 17.1 Å². The minimum absolute atomic E-state index is 0.225. The quantitative estimate of drug-likeness (QED) is 0.727. The van der Waals surface area contributed by atoms with Crippen LogP contribution in [0.25, 0.3) is 5.69 Å². The lowest BCUT2D eigenvalue weighted by Crippen LogP contribution is -2.21. The minimum Gasteiger partial charge on any atom is -0.300 e. The molecular formula is C18H15ClFN3. The minimum atomic E-state index is -0.260. The Hall–Kier alpha value is -2.17. The van der Waals surface area contributed by atoms with Gasteiger partial charge in [0.05, 0.1) is 23.6 Å². The topological polar surface area (TPSA) is 29.9 Å². The van der Waals surface area contributed by atoms with Gasteiger partial charge < -0.3 is 5.32 Å². The molecule has 23 heavy (non-hydrogen) atoms. The first-order valence-electron chi connectivity index (χ1n) is 7.46. The highest BCUT2D eigenvalue weighted by Crippen LogP contribution is 2.34. The molecule has 1 unspecified atom stereocenters. The predicted molar refractivity (Wildman–Crippen MR) is 88.4 cm³/mol. The number of hydrogen-bond acceptors (Lipinski definition) is 2. The summed E-state index contributed by atoms with van der Waals surface area (Å²) in [6.45, 7) is 2.57. The number of imidazole rings is 1. The van der Waals surface area contributed by atoms with Gasteiger partial charge in [-0.1, -0.05) is 29.8 Å². The Bertz CT molecular complexity index is 888. The van der Waals surface area contributed by atoms with Crippen LogP contribution in [0.1, 0.15) is 28.7 Å². The van der Waals surface area contributed by atoms with Gasteiger partial charge in [-0.15, -0.1) is 0 Å². The van der Waals surface area contributed by atoms with E-state index < -0.39 is 0 Å². The zero-order chi connectivity index (χ0) is 16.0. The summed E-state index contributed by atoms with van der Waals surface area (Å²) in [5.74, 6) is 0.678. The highest BCUT2D eigenvalue weighted by atomic mass is 35.5. The van der Waals surface area contributed by atoms with Crippen LogP contribution >= 0.6 is 11.6 Å². The number of hydrogen-bond donors (Lipinski definition) is 1. The summed E-state index contributed by atoms with van der Waals surface area (Å²) >= 11 is 6.22. The summed E-state index contributed by atoms with van der Waals surface area (Å²) in [4.78, 5) is 4.39. The first kappa shape index (κ1) is 14.4. The third kappa shape index (κ3) is 2.35. The average molecular weight is 328 g/mol. The SMILES string of the molecule is Cc1ncc2n1-c1ccc(Cl)cc1C(c1ccccc1F)NC2. The van der Waals surface area contributed by atoms with Crippen LogP contribution in [0.15, 0.2) is 48.7 Å². The van der Waals surface area contributed by atoms with E-state index in [9.17, 15) is 4.39 Å². The monoisotopic (exact) mass is 327 g/mol. The van der Waals surface area contributed by atoms with E-state index >= 15 is 0 Å². The second-order valence-electron chi connectivity index (χ2n) is 5.67. The fourth-order valence-corrected chi connectivity index (χ4v) is 3.39. The molecule has 1 aromatic heterocycles. The molecule has 0 bridgehead atoms. The van der Waals surface area contributed by atoms with Gasteiger partial charge in [-0.25, -0.2) is 9.37 Å². The molecule has 1 aliphatic heterocycles. The van der Waals surface area contributed by atoms with Gasteiger partial charge in [0, 0.05) is 17.1 Å². The van der Waals surface area contributed by atoms with Gasteiger partial charge in [-0.05, 0) is 36.8 Å². The molecule has 0 spiro atoms. The van der Waals surface area contributed by atoms with Crippen molar-refractivity contribution in [1.82, 2.24) is 14.9 Å². The van der Waals surface area contributed by atoms with Gasteiger partial charge >= 0.3 is 0 Å². The van der Waals surface area contributed by atoms with Crippen LogP contribution in [-0.2, 0) is 6.54 Å². The first-order valence-corrected chi connectivity index (χ1v) is 7.84. The van der Waals surface area contributed by atoms with Crippen LogP contribution in [0, 0.1) is 12.7 Å². The third-order valence-electron chi connectivity index (χ3n) is 4.26. The van der Waals surface area contributed by atoms with Gasteiger partial charge in [-0.2, -0.15) is 0 Å². The summed E-state index contributed by atoms with van der Waals surface area (Å²) in [6, 6.07) is 12.3. The number of halogens is 2. The Morgan fingerprint density at radius 3 is 2.87 bits per heavy atom. The summed E-state index contributed by atoms with van der Waals surface area (Å²) < 4.78 is 16.4. The van der Waals surface area contributed by atoms with Crippen molar-refractivity contribution in [2.45, 2.75) is 19.5 Å². The van der Waals surface area contributed by atoms with E-state index in [0.717, 1.165) is 22.8 Å². The summed E-state index contributed by atoms with van der Waals surface area (Å²) in [6.07, 6.45) is 1.85. The fourth-order valence-electron chi connectivity index (χ4n) is 3.21. The maximum absolute atomic E-state index is 14.3. The van der Waals surface area contributed by atoms with Gasteiger partial charge in [-0.3, -0.25) is 4.57 Å².